The molecule has 0 fully saturated rings. The lowest BCUT2D eigenvalue weighted by atomic mass is 10.1. The lowest BCUT2D eigenvalue weighted by Gasteiger charge is -2.14. The van der Waals surface area contributed by atoms with Crippen molar-refractivity contribution in [3.05, 3.63) is 117 Å². The molecule has 0 saturated heterocycles. The molecule has 1 N–H and O–H groups in total. The summed E-state index contributed by atoms with van der Waals surface area (Å²) in [5.74, 6) is 5.90. The maximum Gasteiger partial charge on any atom is 0.256 e. The zero-order valence-electron chi connectivity index (χ0n) is 19.7. The van der Waals surface area contributed by atoms with Crippen LogP contribution in [-0.2, 0) is 0 Å². The van der Waals surface area contributed by atoms with E-state index in [1.807, 2.05) is 56.3 Å². The maximum absolute atomic E-state index is 13.0. The second-order valence-corrected chi connectivity index (χ2v) is 8.62. The Morgan fingerprint density at radius 3 is 2.67 bits per heavy atom. The highest BCUT2D eigenvalue weighted by Crippen LogP contribution is 2.18. The summed E-state index contributed by atoms with van der Waals surface area (Å²) < 4.78 is 2.55. The van der Waals surface area contributed by atoms with Crippen molar-refractivity contribution in [2.45, 2.75) is 19.9 Å². The molecule has 0 atom stereocenters. The van der Waals surface area contributed by atoms with E-state index in [-0.39, 0.29) is 17.0 Å². The largest absolute Gasteiger partial charge is 0.618 e. The van der Waals surface area contributed by atoms with Crippen LogP contribution < -0.4 is 15.5 Å². The van der Waals surface area contributed by atoms with Crippen LogP contribution in [0.15, 0.2) is 90.1 Å². The van der Waals surface area contributed by atoms with Gasteiger partial charge in [-0.15, -0.1) is 0 Å². The van der Waals surface area contributed by atoms with Crippen molar-refractivity contribution in [1.82, 2.24) is 14.9 Å². The standard InChI is InChI=1S/C29H22N4O3/c1-19(2)31-29(35)25-18-32(28-24(27(25)34)10-6-15-30-28)22-8-5-7-20(17-22)12-13-21-14-16-33(36)26-11-4-3-9-23(21)26/h3-11,14-19H,1-2H3,(H,31,35). The van der Waals surface area contributed by atoms with Crippen molar-refractivity contribution in [3.8, 4) is 17.5 Å². The molecule has 0 aliphatic carbocycles. The number of pyridine rings is 3. The van der Waals surface area contributed by atoms with Gasteiger partial charge in [0, 0.05) is 47.4 Å². The van der Waals surface area contributed by atoms with Gasteiger partial charge >= 0.3 is 0 Å². The van der Waals surface area contributed by atoms with Gasteiger partial charge in [-0.3, -0.25) is 9.59 Å². The Morgan fingerprint density at radius 1 is 1.03 bits per heavy atom. The number of fused-ring (bicyclic) bond motifs is 2. The van der Waals surface area contributed by atoms with E-state index in [0.29, 0.717) is 22.2 Å². The summed E-state index contributed by atoms with van der Waals surface area (Å²) in [5.41, 5.74) is 2.85. The molecule has 0 spiro atoms. The molecule has 0 aliphatic rings. The van der Waals surface area contributed by atoms with Gasteiger partial charge in [-0.05, 0) is 50.2 Å². The number of hydrogen-bond donors (Lipinski definition) is 1. The molecule has 5 rings (SSSR count). The summed E-state index contributed by atoms with van der Waals surface area (Å²) in [6, 6.07) is 19.7. The second kappa shape index (κ2) is 9.35. The Balaban J connectivity index is 1.62. The zero-order chi connectivity index (χ0) is 25.2. The highest BCUT2D eigenvalue weighted by atomic mass is 16.5. The average molecular weight is 475 g/mol. The molecular formula is C29H22N4O3. The van der Waals surface area contributed by atoms with E-state index in [1.165, 1.54) is 12.4 Å². The van der Waals surface area contributed by atoms with Crippen molar-refractivity contribution < 1.29 is 9.52 Å². The topological polar surface area (TPSA) is 90.9 Å². The fourth-order valence-corrected chi connectivity index (χ4v) is 4.05. The van der Waals surface area contributed by atoms with Crippen LogP contribution in [0.25, 0.3) is 27.6 Å². The minimum atomic E-state index is -0.433. The van der Waals surface area contributed by atoms with Crippen LogP contribution in [0.2, 0.25) is 0 Å². The number of nitrogens with one attached hydrogen (secondary N) is 1. The van der Waals surface area contributed by atoms with E-state index in [9.17, 15) is 14.8 Å². The third-order valence-electron chi connectivity index (χ3n) is 5.70. The molecule has 3 aromatic heterocycles. The van der Waals surface area contributed by atoms with Crippen molar-refractivity contribution >= 4 is 27.8 Å². The molecule has 5 aromatic rings. The van der Waals surface area contributed by atoms with Gasteiger partial charge in [0.25, 0.3) is 5.91 Å². The summed E-state index contributed by atoms with van der Waals surface area (Å²) in [6.45, 7) is 3.68. The average Bonchev–Trinajstić information content (AvgIpc) is 2.88. The summed E-state index contributed by atoms with van der Waals surface area (Å²) in [7, 11) is 0. The fraction of sp³-hybridized carbons (Fsp3) is 0.103. The molecule has 2 aromatic carbocycles. The third kappa shape index (κ3) is 4.28. The molecule has 36 heavy (non-hydrogen) atoms. The quantitative estimate of drug-likeness (QED) is 0.245. The smallest absolute Gasteiger partial charge is 0.256 e. The number of para-hydroxylation sites is 1. The Bertz CT molecular complexity index is 1760. The van der Waals surface area contributed by atoms with Crippen LogP contribution in [0, 0.1) is 17.0 Å². The SMILES string of the molecule is CC(C)NC(=O)c1cn(-c2cccc(C#Cc3cc[n+]([O-])c4ccccc34)c2)c2ncccc2c1=O. The van der Waals surface area contributed by atoms with Gasteiger partial charge in [0.1, 0.15) is 11.2 Å². The van der Waals surface area contributed by atoms with Crippen LogP contribution in [0.3, 0.4) is 0 Å². The third-order valence-corrected chi connectivity index (χ3v) is 5.70. The summed E-state index contributed by atoms with van der Waals surface area (Å²) in [4.78, 5) is 30.2. The van der Waals surface area contributed by atoms with Crippen molar-refractivity contribution in [3.63, 3.8) is 0 Å². The first kappa shape index (κ1) is 22.8. The lowest BCUT2D eigenvalue weighted by Crippen LogP contribution is -2.34. The van der Waals surface area contributed by atoms with E-state index in [1.54, 1.807) is 35.0 Å². The van der Waals surface area contributed by atoms with Crippen molar-refractivity contribution in [2.75, 3.05) is 0 Å². The van der Waals surface area contributed by atoms with Crippen LogP contribution in [-0.4, -0.2) is 21.5 Å². The summed E-state index contributed by atoms with van der Waals surface area (Å²) >= 11 is 0. The van der Waals surface area contributed by atoms with Gasteiger partial charge in [0.05, 0.1) is 10.8 Å². The molecule has 0 aliphatic heterocycles. The number of rotatable bonds is 3. The van der Waals surface area contributed by atoms with Gasteiger partial charge in [-0.2, -0.15) is 4.73 Å². The highest BCUT2D eigenvalue weighted by Gasteiger charge is 2.17. The van der Waals surface area contributed by atoms with Crippen LogP contribution in [0.5, 0.6) is 0 Å². The molecule has 7 nitrogen and oxygen atoms in total. The minimum Gasteiger partial charge on any atom is -0.618 e. The van der Waals surface area contributed by atoms with Gasteiger partial charge in [-0.25, -0.2) is 4.98 Å². The van der Waals surface area contributed by atoms with E-state index in [0.717, 1.165) is 21.2 Å². The molecule has 3 heterocycles. The number of benzene rings is 2. The van der Waals surface area contributed by atoms with Gasteiger partial charge in [0.15, 0.2) is 6.20 Å². The Kier molecular flexibility index (Phi) is 5.93. The number of hydrogen-bond acceptors (Lipinski definition) is 4. The first-order valence-electron chi connectivity index (χ1n) is 11.5. The first-order valence-corrected chi connectivity index (χ1v) is 11.5. The predicted octanol–water partition coefficient (Wildman–Crippen LogP) is 3.71. The van der Waals surface area contributed by atoms with Crippen molar-refractivity contribution in [1.29, 1.82) is 0 Å². The van der Waals surface area contributed by atoms with Gasteiger partial charge in [-0.1, -0.05) is 30.0 Å². The zero-order valence-corrected chi connectivity index (χ0v) is 19.7. The normalized spacial score (nSPS) is 10.9. The summed E-state index contributed by atoms with van der Waals surface area (Å²) in [5, 5.41) is 16.0. The fourth-order valence-electron chi connectivity index (χ4n) is 4.05. The first-order chi connectivity index (χ1) is 17.4. The molecule has 0 radical (unpaired) electrons. The molecule has 7 heteroatoms. The number of aromatic nitrogens is 3. The highest BCUT2D eigenvalue weighted by molar-refractivity contribution is 5.97. The summed E-state index contributed by atoms with van der Waals surface area (Å²) in [6.07, 6.45) is 4.59. The molecule has 176 valence electrons. The van der Waals surface area contributed by atoms with Crippen LogP contribution >= 0.6 is 0 Å². The minimum absolute atomic E-state index is 0.0439. The molecule has 0 saturated carbocycles. The molecule has 1 amide bonds. The van der Waals surface area contributed by atoms with Crippen LogP contribution in [0.4, 0.5) is 0 Å². The van der Waals surface area contributed by atoms with E-state index >= 15 is 0 Å². The van der Waals surface area contributed by atoms with E-state index in [2.05, 4.69) is 22.1 Å². The lowest BCUT2D eigenvalue weighted by molar-refractivity contribution is -0.577. The number of amides is 1. The number of nitrogens with zero attached hydrogens (tertiary/aromatic N) is 3. The number of carbonyl (C=O) groups excluding carboxylic acids is 1. The second-order valence-electron chi connectivity index (χ2n) is 8.62. The number of carbonyl (C=O) groups is 1. The van der Waals surface area contributed by atoms with Gasteiger partial charge < -0.3 is 15.1 Å². The van der Waals surface area contributed by atoms with Crippen molar-refractivity contribution in [2.24, 2.45) is 0 Å². The predicted molar refractivity (Wildman–Crippen MR) is 139 cm³/mol. The molecule has 0 unspecified atom stereocenters. The van der Waals surface area contributed by atoms with Gasteiger partial charge in [0.2, 0.25) is 10.9 Å². The van der Waals surface area contributed by atoms with E-state index < -0.39 is 5.91 Å². The van der Waals surface area contributed by atoms with Crippen LogP contribution in [0.1, 0.15) is 35.3 Å². The Morgan fingerprint density at radius 2 is 1.83 bits per heavy atom. The molecular weight excluding hydrogens is 452 g/mol. The van der Waals surface area contributed by atoms with E-state index in [4.69, 9.17) is 0 Å². The molecule has 0 bridgehead atoms. The Hall–Kier alpha value is -4.96. The Labute approximate surface area is 207 Å². The monoisotopic (exact) mass is 474 g/mol. The maximum atomic E-state index is 13.0.